The van der Waals surface area contributed by atoms with Crippen molar-refractivity contribution in [1.29, 1.82) is 0 Å². The number of fused-ring (bicyclic) bond motifs is 9. The summed E-state index contributed by atoms with van der Waals surface area (Å²) in [5, 5.41) is 0. The van der Waals surface area contributed by atoms with Crippen LogP contribution in [-0.4, -0.2) is 23.8 Å². The highest BCUT2D eigenvalue weighted by atomic mass is 16.6. The van der Waals surface area contributed by atoms with Crippen LogP contribution in [0.3, 0.4) is 0 Å². The van der Waals surface area contributed by atoms with Crippen LogP contribution in [0.4, 0.5) is 0 Å². The number of allylic oxidation sites excluding steroid dienone is 2. The molecule has 4 bridgehead atoms. The molecule has 20 heavy (non-hydrogen) atoms. The fourth-order valence-corrected chi connectivity index (χ4v) is 5.21. The van der Waals surface area contributed by atoms with Gasteiger partial charge in [0.05, 0.1) is 18.1 Å². The van der Waals surface area contributed by atoms with Crippen LogP contribution in [0.2, 0.25) is 0 Å². The normalized spacial score (nSPS) is 51.6. The Morgan fingerprint density at radius 3 is 2.35 bits per heavy atom. The second-order valence-corrected chi connectivity index (χ2v) is 8.09. The summed E-state index contributed by atoms with van der Waals surface area (Å²) >= 11 is 0. The second kappa shape index (κ2) is 3.88. The number of carbonyl (C=O) groups is 1. The topological polar surface area (TPSA) is 35.5 Å². The summed E-state index contributed by atoms with van der Waals surface area (Å²) in [6, 6.07) is 0. The van der Waals surface area contributed by atoms with E-state index in [0.29, 0.717) is 29.6 Å². The molecule has 2 saturated heterocycles. The Kier molecular flexibility index (Phi) is 2.50. The maximum Gasteiger partial charge on any atom is 0.312 e. The standard InChI is InChI=1S/C17H24O3/c1-8-11(16(18)20-17(2,3)4)15-13-10-6-5-9(7-10)12(13)14(8)19-15/h5-6,8-15H,7H2,1-4H3. The van der Waals surface area contributed by atoms with Crippen molar-refractivity contribution in [3.63, 3.8) is 0 Å². The molecule has 0 aromatic rings. The summed E-state index contributed by atoms with van der Waals surface area (Å²) in [6.45, 7) is 7.98. The summed E-state index contributed by atoms with van der Waals surface area (Å²) < 4.78 is 11.9. The van der Waals surface area contributed by atoms with Crippen molar-refractivity contribution >= 4 is 5.97 Å². The maximum atomic E-state index is 12.5. The van der Waals surface area contributed by atoms with Crippen molar-refractivity contribution in [2.24, 2.45) is 35.5 Å². The third kappa shape index (κ3) is 1.59. The molecule has 0 aromatic heterocycles. The molecule has 1 saturated carbocycles. The fourth-order valence-electron chi connectivity index (χ4n) is 5.21. The predicted molar refractivity (Wildman–Crippen MR) is 74.9 cm³/mol. The smallest absolute Gasteiger partial charge is 0.312 e. The molecule has 3 nitrogen and oxygen atoms in total. The Balaban J connectivity index is 1.59. The van der Waals surface area contributed by atoms with Gasteiger partial charge in [-0.3, -0.25) is 4.79 Å². The first kappa shape index (κ1) is 12.9. The molecule has 8 unspecified atom stereocenters. The van der Waals surface area contributed by atoms with Crippen LogP contribution in [0.1, 0.15) is 34.1 Å². The summed E-state index contributed by atoms with van der Waals surface area (Å²) in [6.07, 6.45) is 6.37. The van der Waals surface area contributed by atoms with Crippen LogP contribution in [0.25, 0.3) is 0 Å². The number of rotatable bonds is 1. The molecule has 0 N–H and O–H groups in total. The third-order valence-electron chi connectivity index (χ3n) is 5.77. The highest BCUT2D eigenvalue weighted by Crippen LogP contribution is 2.63. The molecule has 110 valence electrons. The fraction of sp³-hybridized carbons (Fsp3) is 0.824. The van der Waals surface area contributed by atoms with Crippen molar-refractivity contribution in [1.82, 2.24) is 0 Å². The zero-order chi connectivity index (χ0) is 14.2. The molecule has 0 radical (unpaired) electrons. The molecule has 3 heteroatoms. The van der Waals surface area contributed by atoms with Crippen LogP contribution in [0.5, 0.6) is 0 Å². The Morgan fingerprint density at radius 1 is 1.15 bits per heavy atom. The summed E-state index contributed by atoms with van der Waals surface area (Å²) in [5.74, 6) is 2.73. The minimum atomic E-state index is -0.410. The molecule has 0 amide bonds. The second-order valence-electron chi connectivity index (χ2n) is 8.09. The average Bonchev–Trinajstić information content (AvgIpc) is 3.02. The van der Waals surface area contributed by atoms with Crippen LogP contribution >= 0.6 is 0 Å². The van der Waals surface area contributed by atoms with Gasteiger partial charge >= 0.3 is 5.97 Å². The van der Waals surface area contributed by atoms with Gasteiger partial charge in [-0.2, -0.15) is 0 Å². The van der Waals surface area contributed by atoms with Gasteiger partial charge in [-0.05, 0) is 56.8 Å². The third-order valence-corrected chi connectivity index (χ3v) is 5.77. The molecule has 2 heterocycles. The molecule has 0 aromatic carbocycles. The minimum absolute atomic E-state index is 0.0531. The molecular formula is C17H24O3. The van der Waals surface area contributed by atoms with E-state index in [1.165, 1.54) is 6.42 Å². The Hall–Kier alpha value is -0.830. The summed E-state index contributed by atoms with van der Waals surface area (Å²) in [5.41, 5.74) is -0.410. The molecule has 2 aliphatic carbocycles. The predicted octanol–water partition coefficient (Wildman–Crippen LogP) is 2.80. The van der Waals surface area contributed by atoms with Gasteiger partial charge in [0.15, 0.2) is 0 Å². The van der Waals surface area contributed by atoms with Crippen molar-refractivity contribution < 1.29 is 14.3 Å². The van der Waals surface area contributed by atoms with E-state index in [2.05, 4.69) is 19.1 Å². The zero-order valence-corrected chi connectivity index (χ0v) is 12.7. The molecule has 4 rings (SSSR count). The Bertz CT molecular complexity index is 475. The highest BCUT2D eigenvalue weighted by molar-refractivity contribution is 5.75. The largest absolute Gasteiger partial charge is 0.460 e. The first-order valence-corrected chi connectivity index (χ1v) is 7.93. The maximum absolute atomic E-state index is 12.5. The lowest BCUT2D eigenvalue weighted by Crippen LogP contribution is -2.45. The molecule has 0 spiro atoms. The molecule has 2 aliphatic heterocycles. The average molecular weight is 276 g/mol. The minimum Gasteiger partial charge on any atom is -0.460 e. The first-order valence-electron chi connectivity index (χ1n) is 7.93. The van der Waals surface area contributed by atoms with Crippen LogP contribution in [0.15, 0.2) is 12.2 Å². The monoisotopic (exact) mass is 276 g/mol. The van der Waals surface area contributed by atoms with Crippen molar-refractivity contribution in [3.05, 3.63) is 12.2 Å². The van der Waals surface area contributed by atoms with Crippen molar-refractivity contribution in [3.8, 4) is 0 Å². The number of hydrogen-bond donors (Lipinski definition) is 0. The van der Waals surface area contributed by atoms with Gasteiger partial charge in [0.1, 0.15) is 5.60 Å². The molecule has 8 atom stereocenters. The lowest BCUT2D eigenvalue weighted by molar-refractivity contribution is -0.164. The Morgan fingerprint density at radius 2 is 1.75 bits per heavy atom. The van der Waals surface area contributed by atoms with E-state index in [9.17, 15) is 4.79 Å². The van der Waals surface area contributed by atoms with E-state index in [-0.39, 0.29) is 24.1 Å². The van der Waals surface area contributed by atoms with Crippen molar-refractivity contribution in [2.45, 2.75) is 51.9 Å². The molecular weight excluding hydrogens is 252 g/mol. The number of ether oxygens (including phenoxy) is 2. The van der Waals surface area contributed by atoms with Crippen LogP contribution in [-0.2, 0) is 14.3 Å². The molecule has 3 fully saturated rings. The van der Waals surface area contributed by atoms with E-state index in [4.69, 9.17) is 9.47 Å². The van der Waals surface area contributed by atoms with Crippen LogP contribution < -0.4 is 0 Å². The van der Waals surface area contributed by atoms with E-state index in [0.717, 1.165) is 0 Å². The molecule has 4 aliphatic rings. The van der Waals surface area contributed by atoms with E-state index < -0.39 is 5.60 Å². The lowest BCUT2D eigenvalue weighted by atomic mass is 9.65. The number of hydrogen-bond acceptors (Lipinski definition) is 3. The number of esters is 1. The van der Waals surface area contributed by atoms with Gasteiger partial charge in [-0.25, -0.2) is 0 Å². The van der Waals surface area contributed by atoms with E-state index in [1.54, 1.807) is 0 Å². The summed E-state index contributed by atoms with van der Waals surface area (Å²) in [7, 11) is 0. The van der Waals surface area contributed by atoms with Crippen LogP contribution in [0, 0.1) is 35.5 Å². The van der Waals surface area contributed by atoms with Gasteiger partial charge in [-0.15, -0.1) is 0 Å². The van der Waals surface area contributed by atoms with E-state index in [1.807, 2.05) is 20.8 Å². The Labute approximate surface area is 120 Å². The highest BCUT2D eigenvalue weighted by Gasteiger charge is 2.66. The summed E-state index contributed by atoms with van der Waals surface area (Å²) in [4.78, 5) is 12.5. The lowest BCUT2D eigenvalue weighted by Gasteiger charge is -2.37. The van der Waals surface area contributed by atoms with Crippen molar-refractivity contribution in [2.75, 3.05) is 0 Å². The number of carbonyl (C=O) groups excluding carboxylic acids is 1. The first-order chi connectivity index (χ1) is 9.37. The van der Waals surface area contributed by atoms with Gasteiger partial charge < -0.3 is 9.47 Å². The van der Waals surface area contributed by atoms with E-state index >= 15 is 0 Å². The quantitative estimate of drug-likeness (QED) is 0.546. The zero-order valence-electron chi connectivity index (χ0n) is 12.7. The van der Waals surface area contributed by atoms with Gasteiger partial charge in [0.25, 0.3) is 0 Å². The SMILES string of the molecule is CC1C2OC(C1C(=O)OC(C)(C)C)C1C3C=CC(C3)C21. The van der Waals surface area contributed by atoms with Gasteiger partial charge in [0, 0.05) is 0 Å². The van der Waals surface area contributed by atoms with Gasteiger partial charge in [0.2, 0.25) is 0 Å². The van der Waals surface area contributed by atoms with Gasteiger partial charge in [-0.1, -0.05) is 19.1 Å².